The monoisotopic (exact) mass is 398 g/mol. The molecule has 2 N–H and O–H groups in total. The zero-order valence-corrected chi connectivity index (χ0v) is 16.8. The number of hydrogen-bond acceptors (Lipinski definition) is 5. The first-order chi connectivity index (χ1) is 14.0. The number of hydrogen-bond donors (Lipinski definition) is 2. The smallest absolute Gasteiger partial charge is 0.247 e. The average Bonchev–Trinajstić information content (AvgIpc) is 3.49. The highest BCUT2D eigenvalue weighted by Crippen LogP contribution is 2.60. The Labute approximate surface area is 170 Å². The van der Waals surface area contributed by atoms with Crippen LogP contribution in [0.2, 0.25) is 0 Å². The van der Waals surface area contributed by atoms with Crippen LogP contribution in [0.1, 0.15) is 36.8 Å². The molecule has 1 aromatic heterocycles. The van der Waals surface area contributed by atoms with Gasteiger partial charge in [0.2, 0.25) is 5.91 Å². The van der Waals surface area contributed by atoms with Gasteiger partial charge in [-0.25, -0.2) is 14.9 Å². The van der Waals surface area contributed by atoms with E-state index in [4.69, 9.17) is 5.21 Å². The van der Waals surface area contributed by atoms with Crippen molar-refractivity contribution < 1.29 is 14.4 Å². The molecule has 3 atom stereocenters. The third-order valence-corrected chi connectivity index (χ3v) is 6.22. The van der Waals surface area contributed by atoms with Crippen LogP contribution < -0.4 is 10.4 Å². The molecule has 6 nitrogen and oxygen atoms in total. The van der Waals surface area contributed by atoms with E-state index in [0.717, 1.165) is 37.6 Å². The highest BCUT2D eigenvalue weighted by atomic mass is 19.1. The topological polar surface area (TPSA) is 68.7 Å². The van der Waals surface area contributed by atoms with Crippen molar-refractivity contribution in [2.75, 3.05) is 31.1 Å². The Morgan fingerprint density at radius 3 is 2.45 bits per heavy atom. The van der Waals surface area contributed by atoms with Gasteiger partial charge in [-0.05, 0) is 37.1 Å². The number of halogens is 1. The van der Waals surface area contributed by atoms with E-state index in [1.54, 1.807) is 29.9 Å². The lowest BCUT2D eigenvalue weighted by atomic mass is 10.1. The quantitative estimate of drug-likeness (QED) is 0.599. The summed E-state index contributed by atoms with van der Waals surface area (Å²) < 4.78 is 14.3. The number of pyridine rings is 1. The van der Waals surface area contributed by atoms with Crippen LogP contribution in [0.3, 0.4) is 0 Å². The fourth-order valence-electron chi connectivity index (χ4n) is 4.51. The van der Waals surface area contributed by atoms with Gasteiger partial charge in [0.15, 0.2) is 0 Å². The molecular formula is C22H27FN4O2. The Morgan fingerprint density at radius 1 is 1.14 bits per heavy atom. The number of benzene rings is 1. The summed E-state index contributed by atoms with van der Waals surface area (Å²) in [7, 11) is 0. The van der Waals surface area contributed by atoms with Gasteiger partial charge < -0.3 is 4.90 Å². The number of amides is 1. The summed E-state index contributed by atoms with van der Waals surface area (Å²) in [6.45, 7) is 8.31. The van der Waals surface area contributed by atoms with E-state index in [-0.39, 0.29) is 17.7 Å². The van der Waals surface area contributed by atoms with E-state index in [1.165, 1.54) is 6.07 Å². The van der Waals surface area contributed by atoms with Crippen LogP contribution in [0, 0.1) is 11.7 Å². The van der Waals surface area contributed by atoms with Gasteiger partial charge in [-0.2, -0.15) is 0 Å². The highest BCUT2D eigenvalue weighted by molar-refractivity contribution is 5.84. The summed E-state index contributed by atoms with van der Waals surface area (Å²) in [6.07, 6.45) is 1.79. The van der Waals surface area contributed by atoms with Crippen molar-refractivity contribution in [2.45, 2.75) is 31.7 Å². The lowest BCUT2D eigenvalue weighted by molar-refractivity contribution is -0.130. The molecule has 7 heteroatoms. The van der Waals surface area contributed by atoms with Crippen LogP contribution in [0.25, 0.3) is 0 Å². The summed E-state index contributed by atoms with van der Waals surface area (Å²) in [6, 6.07) is 11.0. The summed E-state index contributed by atoms with van der Waals surface area (Å²) in [5, 5.41) is 9.10. The van der Waals surface area contributed by atoms with Crippen LogP contribution >= 0.6 is 0 Å². The molecule has 0 radical (unpaired) electrons. The standard InChI is InChI=1S/C22H27FN4O2/c1-14(2)26-9-11-27(12-10-26)18-8-7-15(13-24-18)19-20(21(19)22(28)25-29)16-5-3-4-6-17(16)23/h3-8,13-14,19-21,29H,9-12H2,1-2H3,(H,25,28)/t19-,20-,21+/m1/s1. The maximum atomic E-state index is 14.3. The lowest BCUT2D eigenvalue weighted by Crippen LogP contribution is -2.49. The summed E-state index contributed by atoms with van der Waals surface area (Å²) in [5.74, 6) is -0.896. The van der Waals surface area contributed by atoms with Crippen LogP contribution in [-0.4, -0.2) is 53.2 Å². The molecule has 2 heterocycles. The van der Waals surface area contributed by atoms with Gasteiger partial charge in [0, 0.05) is 50.3 Å². The van der Waals surface area contributed by atoms with Crippen molar-refractivity contribution in [1.82, 2.24) is 15.4 Å². The van der Waals surface area contributed by atoms with Crippen molar-refractivity contribution >= 4 is 11.7 Å². The molecule has 1 saturated heterocycles. The molecule has 0 bridgehead atoms. The molecule has 0 unspecified atom stereocenters. The molecule has 29 heavy (non-hydrogen) atoms. The largest absolute Gasteiger partial charge is 0.354 e. The number of carbonyl (C=O) groups is 1. The number of carbonyl (C=O) groups excluding carboxylic acids is 1. The summed E-state index contributed by atoms with van der Waals surface area (Å²) >= 11 is 0. The summed E-state index contributed by atoms with van der Waals surface area (Å²) in [4.78, 5) is 21.5. The Hall–Kier alpha value is -2.51. The number of nitrogens with zero attached hydrogens (tertiary/aromatic N) is 3. The maximum absolute atomic E-state index is 14.3. The molecule has 2 aliphatic rings. The minimum Gasteiger partial charge on any atom is -0.354 e. The Balaban J connectivity index is 1.51. The molecule has 1 aromatic carbocycles. The second-order valence-electron chi connectivity index (χ2n) is 8.14. The number of nitrogens with one attached hydrogen (secondary N) is 1. The SMILES string of the molecule is CC(C)N1CCN(c2ccc([C@H]3[C@H](C(=O)NO)[C@@H]3c3ccccc3F)cn2)CC1. The number of piperazine rings is 1. The van der Waals surface area contributed by atoms with Crippen LogP contribution in [-0.2, 0) is 4.79 Å². The number of aromatic nitrogens is 1. The molecule has 2 fully saturated rings. The number of hydroxylamine groups is 1. The van der Waals surface area contributed by atoms with E-state index in [0.29, 0.717) is 11.6 Å². The van der Waals surface area contributed by atoms with Crippen molar-refractivity contribution in [3.8, 4) is 0 Å². The predicted molar refractivity (Wildman–Crippen MR) is 108 cm³/mol. The Bertz CT molecular complexity index is 865. The van der Waals surface area contributed by atoms with Crippen molar-refractivity contribution in [3.05, 3.63) is 59.5 Å². The molecule has 1 aliphatic heterocycles. The molecule has 0 spiro atoms. The minimum atomic E-state index is -0.501. The molecular weight excluding hydrogens is 371 g/mol. The fourth-order valence-corrected chi connectivity index (χ4v) is 4.51. The normalized spacial score (nSPS) is 24.6. The van der Waals surface area contributed by atoms with E-state index in [9.17, 15) is 9.18 Å². The van der Waals surface area contributed by atoms with Crippen molar-refractivity contribution in [3.63, 3.8) is 0 Å². The second kappa shape index (κ2) is 8.08. The molecule has 1 amide bonds. The fraction of sp³-hybridized carbons (Fsp3) is 0.455. The highest BCUT2D eigenvalue weighted by Gasteiger charge is 2.57. The average molecular weight is 398 g/mol. The molecule has 1 aliphatic carbocycles. The van der Waals surface area contributed by atoms with E-state index in [1.807, 2.05) is 12.1 Å². The van der Waals surface area contributed by atoms with Crippen molar-refractivity contribution in [1.29, 1.82) is 0 Å². The van der Waals surface area contributed by atoms with Crippen LogP contribution in [0.15, 0.2) is 42.6 Å². The number of rotatable bonds is 5. The van der Waals surface area contributed by atoms with Crippen molar-refractivity contribution in [2.24, 2.45) is 5.92 Å². The van der Waals surface area contributed by atoms with Gasteiger partial charge in [0.1, 0.15) is 11.6 Å². The van der Waals surface area contributed by atoms with Gasteiger partial charge in [-0.1, -0.05) is 24.3 Å². The van der Waals surface area contributed by atoms with E-state index < -0.39 is 11.8 Å². The van der Waals surface area contributed by atoms with E-state index >= 15 is 0 Å². The summed E-state index contributed by atoms with van der Waals surface area (Å²) in [5.41, 5.74) is 3.11. The molecule has 1 saturated carbocycles. The van der Waals surface area contributed by atoms with Gasteiger partial charge in [0.25, 0.3) is 0 Å². The zero-order chi connectivity index (χ0) is 20.5. The van der Waals surface area contributed by atoms with E-state index in [2.05, 4.69) is 28.6 Å². The first-order valence-corrected chi connectivity index (χ1v) is 10.1. The second-order valence-corrected chi connectivity index (χ2v) is 8.14. The van der Waals surface area contributed by atoms with Gasteiger partial charge in [-0.15, -0.1) is 0 Å². The third-order valence-electron chi connectivity index (χ3n) is 6.22. The third kappa shape index (κ3) is 3.84. The Morgan fingerprint density at radius 2 is 1.86 bits per heavy atom. The van der Waals surface area contributed by atoms with Crippen LogP contribution in [0.4, 0.5) is 10.2 Å². The number of anilines is 1. The zero-order valence-electron chi connectivity index (χ0n) is 16.8. The Kier molecular flexibility index (Phi) is 5.52. The lowest BCUT2D eigenvalue weighted by Gasteiger charge is -2.37. The predicted octanol–water partition coefficient (Wildman–Crippen LogP) is 2.75. The molecule has 4 rings (SSSR count). The molecule has 154 valence electrons. The van der Waals surface area contributed by atoms with Gasteiger partial charge >= 0.3 is 0 Å². The first kappa shape index (κ1) is 19.8. The first-order valence-electron chi connectivity index (χ1n) is 10.1. The van der Waals surface area contributed by atoms with Gasteiger partial charge in [0.05, 0.1) is 5.92 Å². The molecule has 2 aromatic rings. The van der Waals surface area contributed by atoms with Crippen LogP contribution in [0.5, 0.6) is 0 Å². The minimum absolute atomic E-state index is 0.196. The van der Waals surface area contributed by atoms with Gasteiger partial charge in [-0.3, -0.25) is 14.9 Å². The maximum Gasteiger partial charge on any atom is 0.247 e.